The first kappa shape index (κ1) is 25.9. The number of benzene rings is 4. The minimum absolute atomic E-state index is 0.123. The number of carbonyl (C=O) groups excluding carboxylic acids is 1. The Morgan fingerprint density at radius 1 is 0.684 bits per heavy atom. The first-order chi connectivity index (χ1) is 18.1. The molecule has 4 aromatic rings. The van der Waals surface area contributed by atoms with Crippen molar-refractivity contribution < 1.29 is 14.3 Å². The molecule has 1 aliphatic carbocycles. The molecule has 4 aromatic carbocycles. The van der Waals surface area contributed by atoms with Crippen molar-refractivity contribution in [2.45, 2.75) is 52.1 Å². The van der Waals surface area contributed by atoms with E-state index < -0.39 is 5.41 Å². The molecule has 38 heavy (non-hydrogen) atoms. The molecule has 0 unspecified atom stereocenters. The molecule has 0 aromatic heterocycles. The molecule has 0 heterocycles. The topological polar surface area (TPSA) is 35.5 Å². The Bertz CT molecular complexity index is 1410. The smallest absolute Gasteiger partial charge is 0.311 e. The van der Waals surface area contributed by atoms with E-state index in [2.05, 4.69) is 98.8 Å². The van der Waals surface area contributed by atoms with Gasteiger partial charge in [0.15, 0.2) is 0 Å². The van der Waals surface area contributed by atoms with Gasteiger partial charge in [-0.2, -0.15) is 0 Å². The summed E-state index contributed by atoms with van der Waals surface area (Å²) in [7, 11) is 1.74. The lowest BCUT2D eigenvalue weighted by molar-refractivity contribution is -0.136. The van der Waals surface area contributed by atoms with Gasteiger partial charge in [-0.05, 0) is 70.3 Å². The molecule has 0 aliphatic heterocycles. The monoisotopic (exact) mass is 504 g/mol. The van der Waals surface area contributed by atoms with Gasteiger partial charge in [-0.1, -0.05) is 106 Å². The van der Waals surface area contributed by atoms with E-state index in [1.54, 1.807) is 7.11 Å². The molecule has 5 rings (SSSR count). The van der Waals surface area contributed by atoms with Crippen LogP contribution < -0.4 is 4.74 Å². The van der Waals surface area contributed by atoms with Crippen LogP contribution in [0.4, 0.5) is 0 Å². The number of fused-ring (bicyclic) bond motifs is 3. The lowest BCUT2D eigenvalue weighted by Crippen LogP contribution is -2.29. The summed E-state index contributed by atoms with van der Waals surface area (Å²) < 4.78 is 11.4. The Morgan fingerprint density at radius 3 is 1.63 bits per heavy atom. The van der Waals surface area contributed by atoms with Gasteiger partial charge in [0.2, 0.25) is 0 Å². The summed E-state index contributed by atoms with van der Waals surface area (Å²) in [5.74, 6) is 0.350. The van der Waals surface area contributed by atoms with Gasteiger partial charge in [-0.3, -0.25) is 4.79 Å². The molecule has 0 fully saturated rings. The van der Waals surface area contributed by atoms with Crippen molar-refractivity contribution in [2.75, 3.05) is 7.11 Å². The third-order valence-electron chi connectivity index (χ3n) is 7.67. The van der Waals surface area contributed by atoms with Crippen LogP contribution in [0.3, 0.4) is 0 Å². The summed E-state index contributed by atoms with van der Waals surface area (Å²) in [6, 6.07) is 34.2. The van der Waals surface area contributed by atoms with Crippen LogP contribution in [0.1, 0.15) is 68.9 Å². The highest BCUT2D eigenvalue weighted by Crippen LogP contribution is 2.56. The third-order valence-corrected chi connectivity index (χ3v) is 7.67. The van der Waals surface area contributed by atoms with Crippen LogP contribution >= 0.6 is 0 Å². The van der Waals surface area contributed by atoms with Crippen LogP contribution in [0.15, 0.2) is 97.1 Å². The van der Waals surface area contributed by atoms with E-state index in [-0.39, 0.29) is 17.0 Å². The molecule has 0 N–H and O–H groups in total. The molecule has 0 atom stereocenters. The molecule has 3 heteroatoms. The summed E-state index contributed by atoms with van der Waals surface area (Å²) in [6.07, 6.45) is 0.365. The lowest BCUT2D eigenvalue weighted by atomic mass is 9.67. The van der Waals surface area contributed by atoms with Crippen LogP contribution in [-0.4, -0.2) is 13.1 Å². The maximum Gasteiger partial charge on any atom is 0.311 e. The summed E-state index contributed by atoms with van der Waals surface area (Å²) in [5.41, 5.74) is 7.41. The fraction of sp³-hybridized carbons (Fsp3) is 0.286. The van der Waals surface area contributed by atoms with E-state index in [0.717, 1.165) is 11.1 Å². The SMILES string of the molecule is COC(C)(C)c1ccc(C2(c3ccc(OC(=O)CC(C)(C)C)cc3)c3ccccc3-c3ccccc32)cc1. The van der Waals surface area contributed by atoms with Crippen LogP contribution in [0.25, 0.3) is 11.1 Å². The highest BCUT2D eigenvalue weighted by atomic mass is 16.5. The molecule has 0 spiro atoms. The van der Waals surface area contributed by atoms with E-state index >= 15 is 0 Å². The fourth-order valence-electron chi connectivity index (χ4n) is 5.64. The molecule has 3 nitrogen and oxygen atoms in total. The van der Waals surface area contributed by atoms with E-state index in [4.69, 9.17) is 9.47 Å². The molecule has 0 radical (unpaired) electrons. The first-order valence-electron chi connectivity index (χ1n) is 13.2. The molecular weight excluding hydrogens is 468 g/mol. The minimum Gasteiger partial charge on any atom is -0.427 e. The number of esters is 1. The van der Waals surface area contributed by atoms with Gasteiger partial charge in [-0.25, -0.2) is 0 Å². The number of ether oxygens (including phenoxy) is 2. The van der Waals surface area contributed by atoms with Crippen molar-refractivity contribution in [3.8, 4) is 16.9 Å². The summed E-state index contributed by atoms with van der Waals surface area (Å²) >= 11 is 0. The van der Waals surface area contributed by atoms with Gasteiger partial charge in [0.05, 0.1) is 17.4 Å². The van der Waals surface area contributed by atoms with E-state index in [1.807, 2.05) is 32.9 Å². The Kier molecular flexibility index (Phi) is 6.53. The van der Waals surface area contributed by atoms with Crippen molar-refractivity contribution >= 4 is 5.97 Å². The molecule has 0 amide bonds. The fourth-order valence-corrected chi connectivity index (χ4v) is 5.64. The second-order valence-electron chi connectivity index (χ2n) is 11.9. The first-order valence-corrected chi connectivity index (χ1v) is 13.2. The summed E-state index contributed by atoms with van der Waals surface area (Å²) in [5, 5.41) is 0. The second kappa shape index (κ2) is 9.56. The average Bonchev–Trinajstić information content (AvgIpc) is 3.19. The number of rotatable bonds is 6. The van der Waals surface area contributed by atoms with Crippen molar-refractivity contribution in [1.29, 1.82) is 0 Å². The zero-order valence-corrected chi connectivity index (χ0v) is 23.2. The Labute approximate surface area is 226 Å². The number of methoxy groups -OCH3 is 1. The maximum atomic E-state index is 12.5. The highest BCUT2D eigenvalue weighted by Gasteiger charge is 2.46. The van der Waals surface area contributed by atoms with Gasteiger partial charge in [-0.15, -0.1) is 0 Å². The Morgan fingerprint density at radius 2 is 1.16 bits per heavy atom. The molecule has 0 saturated carbocycles. The largest absolute Gasteiger partial charge is 0.427 e. The van der Waals surface area contributed by atoms with E-state index in [1.165, 1.54) is 27.8 Å². The van der Waals surface area contributed by atoms with Crippen molar-refractivity contribution in [3.63, 3.8) is 0 Å². The zero-order chi connectivity index (χ0) is 27.1. The minimum atomic E-state index is -0.503. The van der Waals surface area contributed by atoms with Gasteiger partial charge in [0.25, 0.3) is 0 Å². The normalized spacial score (nSPS) is 14.1. The van der Waals surface area contributed by atoms with Gasteiger partial charge in [0, 0.05) is 7.11 Å². The van der Waals surface area contributed by atoms with E-state index in [9.17, 15) is 4.79 Å². The third kappa shape index (κ3) is 4.46. The molecule has 0 bridgehead atoms. The molecule has 194 valence electrons. The highest BCUT2D eigenvalue weighted by molar-refractivity contribution is 5.86. The van der Waals surface area contributed by atoms with Crippen molar-refractivity contribution in [1.82, 2.24) is 0 Å². The standard InChI is InChI=1S/C35H36O3/c1-33(2,3)23-32(36)38-27-21-19-26(20-22-27)35(25-17-15-24(16-18-25)34(4,5)37-6)30-13-9-7-11-28(30)29-12-8-10-14-31(29)35/h7-22H,23H2,1-6H3. The predicted octanol–water partition coefficient (Wildman–Crippen LogP) is 8.27. The molecule has 1 aliphatic rings. The summed E-state index contributed by atoms with van der Waals surface area (Å²) in [4.78, 5) is 12.5. The average molecular weight is 505 g/mol. The van der Waals surface area contributed by atoms with Crippen LogP contribution in [0.2, 0.25) is 0 Å². The van der Waals surface area contributed by atoms with Crippen molar-refractivity contribution in [2.24, 2.45) is 5.41 Å². The molecule has 0 saturated heterocycles. The predicted molar refractivity (Wildman–Crippen MR) is 153 cm³/mol. The van der Waals surface area contributed by atoms with Gasteiger partial charge < -0.3 is 9.47 Å². The lowest BCUT2D eigenvalue weighted by Gasteiger charge is -2.34. The van der Waals surface area contributed by atoms with Crippen LogP contribution in [-0.2, 0) is 20.5 Å². The van der Waals surface area contributed by atoms with Crippen LogP contribution in [0, 0.1) is 5.41 Å². The second-order valence-corrected chi connectivity index (χ2v) is 11.9. The van der Waals surface area contributed by atoms with E-state index in [0.29, 0.717) is 12.2 Å². The van der Waals surface area contributed by atoms with Crippen molar-refractivity contribution in [3.05, 3.63) is 125 Å². The zero-order valence-electron chi connectivity index (χ0n) is 23.2. The Balaban J connectivity index is 1.67. The quantitative estimate of drug-likeness (QED) is 0.172. The molecular formula is C35H36O3. The number of hydrogen-bond donors (Lipinski definition) is 0. The maximum absolute atomic E-state index is 12.5. The number of carbonyl (C=O) groups is 1. The number of hydrogen-bond acceptors (Lipinski definition) is 3. The summed E-state index contributed by atoms with van der Waals surface area (Å²) in [6.45, 7) is 10.3. The Hall–Kier alpha value is -3.69. The van der Waals surface area contributed by atoms with Gasteiger partial charge >= 0.3 is 5.97 Å². The van der Waals surface area contributed by atoms with Gasteiger partial charge in [0.1, 0.15) is 5.75 Å². The van der Waals surface area contributed by atoms with Crippen LogP contribution in [0.5, 0.6) is 5.75 Å².